The van der Waals surface area contributed by atoms with Gasteiger partial charge in [0.05, 0.1) is 6.04 Å². The van der Waals surface area contributed by atoms with Crippen LogP contribution in [0.5, 0.6) is 0 Å². The number of nitrogens with one attached hydrogen (secondary N) is 1. The van der Waals surface area contributed by atoms with Crippen molar-refractivity contribution in [2.45, 2.75) is 51.2 Å². The second-order valence-electron chi connectivity index (χ2n) is 7.36. The van der Waals surface area contributed by atoms with Crippen molar-refractivity contribution in [3.63, 3.8) is 0 Å². The van der Waals surface area contributed by atoms with Gasteiger partial charge in [0.2, 0.25) is 0 Å². The molecule has 1 aromatic rings. The van der Waals surface area contributed by atoms with Crippen molar-refractivity contribution in [3.05, 3.63) is 29.3 Å². The molecule has 0 saturated carbocycles. The summed E-state index contributed by atoms with van der Waals surface area (Å²) in [5.74, 6) is 0.244. The van der Waals surface area contributed by atoms with Crippen molar-refractivity contribution < 1.29 is 4.79 Å². The molecule has 2 aliphatic heterocycles. The van der Waals surface area contributed by atoms with Gasteiger partial charge in [0.15, 0.2) is 5.78 Å². The van der Waals surface area contributed by atoms with E-state index in [0.717, 1.165) is 37.9 Å². The second kappa shape index (κ2) is 6.62. The molecule has 0 bridgehead atoms. The van der Waals surface area contributed by atoms with Crippen molar-refractivity contribution in [2.75, 3.05) is 32.5 Å². The fourth-order valence-corrected chi connectivity index (χ4v) is 3.85. The number of piperidine rings is 1. The van der Waals surface area contributed by atoms with Crippen LogP contribution in [0, 0.1) is 0 Å². The molecule has 1 fully saturated rings. The largest absolute Gasteiger partial charge is 0.382 e. The average molecular weight is 315 g/mol. The highest BCUT2D eigenvalue weighted by Gasteiger charge is 2.28. The summed E-state index contributed by atoms with van der Waals surface area (Å²) in [6.45, 7) is 6.48. The Bertz CT molecular complexity index is 578. The molecule has 0 amide bonds. The van der Waals surface area contributed by atoms with Crippen molar-refractivity contribution >= 4 is 11.5 Å². The van der Waals surface area contributed by atoms with Crippen LogP contribution < -0.4 is 5.32 Å². The Morgan fingerprint density at radius 3 is 2.74 bits per heavy atom. The van der Waals surface area contributed by atoms with Gasteiger partial charge in [-0.1, -0.05) is 0 Å². The zero-order chi connectivity index (χ0) is 16.6. The summed E-state index contributed by atoms with van der Waals surface area (Å²) >= 11 is 0. The van der Waals surface area contributed by atoms with Gasteiger partial charge in [0.1, 0.15) is 0 Å². The molecule has 126 valence electrons. The number of rotatable bonds is 4. The van der Waals surface area contributed by atoms with Gasteiger partial charge in [-0.2, -0.15) is 0 Å². The van der Waals surface area contributed by atoms with E-state index >= 15 is 0 Å². The van der Waals surface area contributed by atoms with Crippen LogP contribution in [0.4, 0.5) is 5.69 Å². The molecule has 23 heavy (non-hydrogen) atoms. The molecule has 0 radical (unpaired) electrons. The molecule has 1 aromatic carbocycles. The summed E-state index contributed by atoms with van der Waals surface area (Å²) in [6, 6.07) is 7.05. The van der Waals surface area contributed by atoms with Crippen molar-refractivity contribution in [1.29, 1.82) is 0 Å². The molecule has 2 atom stereocenters. The van der Waals surface area contributed by atoms with Gasteiger partial charge in [0.25, 0.3) is 0 Å². The first kappa shape index (κ1) is 16.5. The molecule has 2 unspecified atom stereocenters. The fraction of sp³-hybridized carbons (Fsp3) is 0.632. The minimum Gasteiger partial charge on any atom is -0.382 e. The quantitative estimate of drug-likeness (QED) is 0.867. The SMILES string of the molecule is CC1Cc2cc(C(=O)C(C)N(C)C3CCN(C)CC3)ccc2N1. The number of carbonyl (C=O) groups excluding carboxylic acids is 1. The van der Waals surface area contributed by atoms with Crippen LogP contribution in [0.3, 0.4) is 0 Å². The smallest absolute Gasteiger partial charge is 0.179 e. The molecule has 3 rings (SSSR count). The van der Waals surface area contributed by atoms with Crippen molar-refractivity contribution in [1.82, 2.24) is 9.80 Å². The van der Waals surface area contributed by atoms with E-state index in [9.17, 15) is 4.79 Å². The third-order valence-electron chi connectivity index (χ3n) is 5.57. The van der Waals surface area contributed by atoms with Crippen LogP contribution >= 0.6 is 0 Å². The maximum absolute atomic E-state index is 12.9. The predicted octanol–water partition coefficient (Wildman–Crippen LogP) is 2.64. The monoisotopic (exact) mass is 315 g/mol. The van der Waals surface area contributed by atoms with Gasteiger partial charge in [0, 0.05) is 23.3 Å². The lowest BCUT2D eigenvalue weighted by Crippen LogP contribution is -2.47. The van der Waals surface area contributed by atoms with Crippen LogP contribution in [0.1, 0.15) is 42.6 Å². The number of fused-ring (bicyclic) bond motifs is 1. The van der Waals surface area contributed by atoms with E-state index < -0.39 is 0 Å². The zero-order valence-corrected chi connectivity index (χ0v) is 14.8. The van der Waals surface area contributed by atoms with E-state index in [1.165, 1.54) is 11.3 Å². The second-order valence-corrected chi connectivity index (χ2v) is 7.36. The molecule has 0 aromatic heterocycles. The fourth-order valence-electron chi connectivity index (χ4n) is 3.85. The van der Waals surface area contributed by atoms with Gasteiger partial charge in [-0.25, -0.2) is 0 Å². The van der Waals surface area contributed by atoms with Crippen LogP contribution in [0.25, 0.3) is 0 Å². The van der Waals surface area contributed by atoms with E-state index in [4.69, 9.17) is 0 Å². The molecule has 2 heterocycles. The van der Waals surface area contributed by atoms with Crippen molar-refractivity contribution in [2.24, 2.45) is 0 Å². The Kier molecular flexibility index (Phi) is 4.74. The topological polar surface area (TPSA) is 35.6 Å². The summed E-state index contributed by atoms with van der Waals surface area (Å²) in [5.41, 5.74) is 3.31. The standard InChI is InChI=1S/C19H29N3O/c1-13-11-16-12-15(5-6-18(16)20-13)19(23)14(2)22(4)17-7-9-21(3)10-8-17/h5-6,12-14,17,20H,7-11H2,1-4H3. The van der Waals surface area contributed by atoms with Crippen LogP contribution in [-0.4, -0.2) is 60.9 Å². The molecular weight excluding hydrogens is 286 g/mol. The molecule has 0 spiro atoms. The number of likely N-dealkylation sites (N-methyl/N-ethyl adjacent to an activating group) is 1. The first-order valence-electron chi connectivity index (χ1n) is 8.80. The Balaban J connectivity index is 1.69. The highest BCUT2D eigenvalue weighted by Crippen LogP contribution is 2.27. The first-order valence-corrected chi connectivity index (χ1v) is 8.80. The van der Waals surface area contributed by atoms with Crippen LogP contribution in [0.15, 0.2) is 18.2 Å². The highest BCUT2D eigenvalue weighted by molar-refractivity contribution is 6.00. The Morgan fingerprint density at radius 1 is 1.35 bits per heavy atom. The summed E-state index contributed by atoms with van der Waals surface area (Å²) in [4.78, 5) is 17.5. The summed E-state index contributed by atoms with van der Waals surface area (Å²) in [7, 11) is 4.28. The number of benzene rings is 1. The Morgan fingerprint density at radius 2 is 2.04 bits per heavy atom. The van der Waals surface area contributed by atoms with Gasteiger partial charge >= 0.3 is 0 Å². The normalized spacial score (nSPS) is 23.6. The molecular formula is C19H29N3O. The van der Waals surface area contributed by atoms with Crippen LogP contribution in [-0.2, 0) is 6.42 Å². The molecule has 1 N–H and O–H groups in total. The van der Waals surface area contributed by atoms with E-state index in [0.29, 0.717) is 12.1 Å². The average Bonchev–Trinajstić information content (AvgIpc) is 2.92. The van der Waals surface area contributed by atoms with Gasteiger partial charge in [-0.05, 0) is 84.1 Å². The van der Waals surface area contributed by atoms with E-state index in [-0.39, 0.29) is 11.8 Å². The Hall–Kier alpha value is -1.39. The summed E-state index contributed by atoms with van der Waals surface area (Å²) in [6.07, 6.45) is 3.31. The van der Waals surface area contributed by atoms with Crippen molar-refractivity contribution in [3.8, 4) is 0 Å². The van der Waals surface area contributed by atoms with Gasteiger partial charge in [-0.15, -0.1) is 0 Å². The molecule has 4 nitrogen and oxygen atoms in total. The number of ketones is 1. The van der Waals surface area contributed by atoms with Crippen LogP contribution in [0.2, 0.25) is 0 Å². The number of hydrogen-bond donors (Lipinski definition) is 1. The number of carbonyl (C=O) groups is 1. The lowest BCUT2D eigenvalue weighted by atomic mass is 9.97. The maximum atomic E-state index is 12.9. The number of hydrogen-bond acceptors (Lipinski definition) is 4. The predicted molar refractivity (Wildman–Crippen MR) is 95.3 cm³/mol. The number of likely N-dealkylation sites (tertiary alicyclic amines) is 1. The highest BCUT2D eigenvalue weighted by atomic mass is 16.1. The number of anilines is 1. The minimum absolute atomic E-state index is 0.0618. The molecule has 0 aliphatic carbocycles. The van der Waals surface area contributed by atoms with E-state index in [1.54, 1.807) is 0 Å². The number of nitrogens with zero attached hydrogens (tertiary/aromatic N) is 2. The first-order chi connectivity index (χ1) is 11.0. The summed E-state index contributed by atoms with van der Waals surface area (Å²) < 4.78 is 0. The maximum Gasteiger partial charge on any atom is 0.179 e. The minimum atomic E-state index is -0.0618. The molecule has 2 aliphatic rings. The lowest BCUT2D eigenvalue weighted by molar-refractivity contribution is 0.0731. The van der Waals surface area contributed by atoms with Gasteiger partial charge < -0.3 is 10.2 Å². The lowest BCUT2D eigenvalue weighted by Gasteiger charge is -2.37. The summed E-state index contributed by atoms with van der Waals surface area (Å²) in [5, 5.41) is 3.44. The Labute approximate surface area is 139 Å². The molecule has 4 heteroatoms. The van der Waals surface area contributed by atoms with E-state index in [2.05, 4.69) is 55.2 Å². The third kappa shape index (κ3) is 3.43. The third-order valence-corrected chi connectivity index (χ3v) is 5.57. The van der Waals surface area contributed by atoms with E-state index in [1.807, 2.05) is 6.07 Å². The number of Topliss-reactive ketones (excluding diaryl/α,β-unsaturated/α-hetero) is 1. The zero-order valence-electron chi connectivity index (χ0n) is 14.8. The molecule has 1 saturated heterocycles. The van der Waals surface area contributed by atoms with Gasteiger partial charge in [-0.3, -0.25) is 9.69 Å².